The third-order valence-corrected chi connectivity index (χ3v) is 5.65. The van der Waals surface area contributed by atoms with Gasteiger partial charge in [-0.1, -0.05) is 43.5 Å². The molecule has 2 fully saturated rings. The SMILES string of the molecule is CC(C)N1CCC[N]C(c2ccc(C(=O)C3CCCCC3)cc2)C1. The van der Waals surface area contributed by atoms with Gasteiger partial charge in [-0.3, -0.25) is 9.69 Å². The molecule has 3 rings (SSSR count). The number of rotatable bonds is 4. The van der Waals surface area contributed by atoms with Crippen molar-refractivity contribution in [2.75, 3.05) is 19.6 Å². The summed E-state index contributed by atoms with van der Waals surface area (Å²) >= 11 is 0. The highest BCUT2D eigenvalue weighted by Gasteiger charge is 2.24. The second-order valence-corrected chi connectivity index (χ2v) is 7.69. The molecule has 1 aliphatic carbocycles. The largest absolute Gasteiger partial charge is 0.299 e. The van der Waals surface area contributed by atoms with E-state index in [-0.39, 0.29) is 12.0 Å². The average molecular weight is 327 g/mol. The van der Waals surface area contributed by atoms with E-state index in [1.165, 1.54) is 24.8 Å². The molecule has 1 atom stereocenters. The van der Waals surface area contributed by atoms with Crippen LogP contribution in [0, 0.1) is 5.92 Å². The summed E-state index contributed by atoms with van der Waals surface area (Å²) < 4.78 is 0. The van der Waals surface area contributed by atoms with Crippen LogP contribution in [0.4, 0.5) is 0 Å². The van der Waals surface area contributed by atoms with Crippen LogP contribution in [0.2, 0.25) is 0 Å². The number of Topliss-reactive ketones (excluding diaryl/α,β-unsaturated/α-hetero) is 1. The maximum atomic E-state index is 12.7. The van der Waals surface area contributed by atoms with E-state index in [9.17, 15) is 4.79 Å². The number of carbonyl (C=O) groups is 1. The molecular weight excluding hydrogens is 296 g/mol. The predicted molar refractivity (Wildman–Crippen MR) is 98.4 cm³/mol. The minimum absolute atomic E-state index is 0.244. The lowest BCUT2D eigenvalue weighted by Gasteiger charge is -2.27. The molecule has 1 aromatic rings. The summed E-state index contributed by atoms with van der Waals surface area (Å²) in [5.74, 6) is 0.603. The van der Waals surface area contributed by atoms with Gasteiger partial charge in [0.05, 0.1) is 6.04 Å². The van der Waals surface area contributed by atoms with E-state index in [0.29, 0.717) is 11.8 Å². The number of carbonyl (C=O) groups excluding carboxylic acids is 1. The number of ketones is 1. The van der Waals surface area contributed by atoms with Crippen LogP contribution in [0.3, 0.4) is 0 Å². The van der Waals surface area contributed by atoms with Gasteiger partial charge in [0.25, 0.3) is 0 Å². The standard InChI is InChI=1S/C21H31N2O/c1-16(2)23-14-6-13-22-20(15-23)17-9-11-19(12-10-17)21(24)18-7-4-3-5-8-18/h9-12,16,18,20H,3-8,13-15H2,1-2H3. The van der Waals surface area contributed by atoms with Gasteiger partial charge >= 0.3 is 0 Å². The Labute approximate surface area is 146 Å². The summed E-state index contributed by atoms with van der Waals surface area (Å²) in [6.07, 6.45) is 7.00. The molecule has 0 spiro atoms. The topological polar surface area (TPSA) is 34.4 Å². The maximum Gasteiger partial charge on any atom is 0.165 e. The van der Waals surface area contributed by atoms with Gasteiger partial charge in [-0.15, -0.1) is 0 Å². The van der Waals surface area contributed by atoms with E-state index in [0.717, 1.165) is 44.5 Å². The Kier molecular flexibility index (Phi) is 6.07. The Hall–Kier alpha value is -1.19. The molecule has 1 aromatic carbocycles. The fourth-order valence-corrected chi connectivity index (χ4v) is 4.04. The van der Waals surface area contributed by atoms with Crippen molar-refractivity contribution in [1.29, 1.82) is 0 Å². The Bertz CT molecular complexity index is 531. The van der Waals surface area contributed by atoms with Gasteiger partial charge in [-0.05, 0) is 45.2 Å². The molecule has 2 aliphatic rings. The van der Waals surface area contributed by atoms with Crippen LogP contribution in [0.25, 0.3) is 0 Å². The van der Waals surface area contributed by atoms with Crippen LogP contribution in [-0.2, 0) is 0 Å². The first kappa shape index (κ1) is 17.6. The minimum atomic E-state index is 0.244. The summed E-state index contributed by atoms with van der Waals surface area (Å²) in [5.41, 5.74) is 2.14. The number of nitrogens with zero attached hydrogens (tertiary/aromatic N) is 2. The van der Waals surface area contributed by atoms with Crippen molar-refractivity contribution in [1.82, 2.24) is 10.2 Å². The fraction of sp³-hybridized carbons (Fsp3) is 0.667. The van der Waals surface area contributed by atoms with Crippen molar-refractivity contribution < 1.29 is 4.79 Å². The third-order valence-electron chi connectivity index (χ3n) is 5.65. The average Bonchev–Trinajstić information content (AvgIpc) is 2.88. The van der Waals surface area contributed by atoms with Gasteiger partial charge in [0.2, 0.25) is 0 Å². The molecule has 1 heterocycles. The van der Waals surface area contributed by atoms with E-state index in [2.05, 4.69) is 30.9 Å². The molecule has 1 saturated heterocycles. The van der Waals surface area contributed by atoms with Gasteiger partial charge in [0.15, 0.2) is 5.78 Å². The van der Waals surface area contributed by atoms with Crippen LogP contribution in [-0.4, -0.2) is 36.4 Å². The van der Waals surface area contributed by atoms with Crippen molar-refractivity contribution in [3.8, 4) is 0 Å². The summed E-state index contributed by atoms with van der Waals surface area (Å²) in [6.45, 7) is 7.59. The highest BCUT2D eigenvalue weighted by molar-refractivity contribution is 5.97. The van der Waals surface area contributed by atoms with E-state index in [4.69, 9.17) is 5.32 Å². The smallest absolute Gasteiger partial charge is 0.165 e. The molecule has 0 aromatic heterocycles. The quantitative estimate of drug-likeness (QED) is 0.776. The monoisotopic (exact) mass is 327 g/mol. The summed E-state index contributed by atoms with van der Waals surface area (Å²) in [4.78, 5) is 15.2. The molecule has 0 amide bonds. The number of hydrogen-bond donors (Lipinski definition) is 0. The zero-order chi connectivity index (χ0) is 16.9. The highest BCUT2D eigenvalue weighted by Crippen LogP contribution is 2.28. The summed E-state index contributed by atoms with van der Waals surface area (Å²) in [6, 6.07) is 9.14. The molecule has 3 heteroatoms. The zero-order valence-electron chi connectivity index (χ0n) is 15.2. The molecule has 1 saturated carbocycles. The number of benzene rings is 1. The molecule has 1 unspecified atom stereocenters. The van der Waals surface area contributed by atoms with E-state index in [1.807, 2.05) is 12.1 Å². The molecule has 131 valence electrons. The van der Waals surface area contributed by atoms with Crippen LogP contribution < -0.4 is 5.32 Å². The second kappa shape index (κ2) is 8.26. The Morgan fingerprint density at radius 2 is 1.79 bits per heavy atom. The van der Waals surface area contributed by atoms with Gasteiger partial charge in [-0.25, -0.2) is 5.32 Å². The molecule has 0 bridgehead atoms. The Morgan fingerprint density at radius 1 is 1.08 bits per heavy atom. The van der Waals surface area contributed by atoms with E-state index >= 15 is 0 Å². The summed E-state index contributed by atoms with van der Waals surface area (Å²) in [7, 11) is 0. The van der Waals surface area contributed by atoms with Crippen molar-refractivity contribution in [3.05, 3.63) is 35.4 Å². The maximum absolute atomic E-state index is 12.7. The third kappa shape index (κ3) is 4.25. The lowest BCUT2D eigenvalue weighted by molar-refractivity contribution is 0.0889. The molecule has 3 nitrogen and oxygen atoms in total. The molecule has 24 heavy (non-hydrogen) atoms. The second-order valence-electron chi connectivity index (χ2n) is 7.69. The van der Waals surface area contributed by atoms with E-state index in [1.54, 1.807) is 0 Å². The molecule has 1 aliphatic heterocycles. The number of hydrogen-bond acceptors (Lipinski definition) is 2. The van der Waals surface area contributed by atoms with Crippen molar-refractivity contribution in [2.24, 2.45) is 5.92 Å². The van der Waals surface area contributed by atoms with Gasteiger partial charge in [0.1, 0.15) is 0 Å². The fourth-order valence-electron chi connectivity index (χ4n) is 4.04. The predicted octanol–water partition coefficient (Wildman–Crippen LogP) is 4.21. The normalized spacial score (nSPS) is 24.0. The molecule has 0 N–H and O–H groups in total. The van der Waals surface area contributed by atoms with Gasteiger partial charge < -0.3 is 0 Å². The first-order chi connectivity index (χ1) is 11.6. The first-order valence-electron chi connectivity index (χ1n) is 9.70. The Balaban J connectivity index is 1.67. The highest BCUT2D eigenvalue weighted by atomic mass is 16.1. The van der Waals surface area contributed by atoms with Crippen LogP contribution >= 0.6 is 0 Å². The summed E-state index contributed by atoms with van der Waals surface area (Å²) in [5, 5.41) is 4.86. The lowest BCUT2D eigenvalue weighted by Crippen LogP contribution is -2.34. The van der Waals surface area contributed by atoms with Crippen molar-refractivity contribution >= 4 is 5.78 Å². The van der Waals surface area contributed by atoms with Crippen LogP contribution in [0.15, 0.2) is 24.3 Å². The Morgan fingerprint density at radius 3 is 2.46 bits per heavy atom. The van der Waals surface area contributed by atoms with Crippen LogP contribution in [0.1, 0.15) is 74.3 Å². The van der Waals surface area contributed by atoms with E-state index < -0.39 is 0 Å². The minimum Gasteiger partial charge on any atom is -0.299 e. The van der Waals surface area contributed by atoms with Crippen molar-refractivity contribution in [3.63, 3.8) is 0 Å². The van der Waals surface area contributed by atoms with Crippen molar-refractivity contribution in [2.45, 2.75) is 64.5 Å². The van der Waals surface area contributed by atoms with Gasteiger partial charge in [0, 0.05) is 30.6 Å². The van der Waals surface area contributed by atoms with Gasteiger partial charge in [-0.2, -0.15) is 0 Å². The molecule has 1 radical (unpaired) electrons. The molecular formula is C21H31N2O. The van der Waals surface area contributed by atoms with Crippen LogP contribution in [0.5, 0.6) is 0 Å². The lowest BCUT2D eigenvalue weighted by atomic mass is 9.83. The first-order valence-corrected chi connectivity index (χ1v) is 9.70. The zero-order valence-corrected chi connectivity index (χ0v) is 15.2.